The van der Waals surface area contributed by atoms with Crippen LogP contribution in [0, 0.1) is 10.8 Å². The maximum Gasteiger partial charge on any atom is 0.291 e. The number of rotatable bonds is 8. The maximum atomic E-state index is 13.2. The first-order valence-electron chi connectivity index (χ1n) is 12.3. The van der Waals surface area contributed by atoms with E-state index >= 15 is 0 Å². The Morgan fingerprint density at radius 2 is 1.52 bits per heavy atom. The molecule has 2 aliphatic rings. The van der Waals surface area contributed by atoms with Crippen molar-refractivity contribution in [3.63, 3.8) is 0 Å². The Bertz CT molecular complexity index is 860. The van der Waals surface area contributed by atoms with Gasteiger partial charge in [-0.15, -0.1) is 11.3 Å². The zero-order valence-electron chi connectivity index (χ0n) is 21.1. The molecule has 0 radical (unpaired) electrons. The Kier molecular flexibility index (Phi) is 7.52. The minimum absolute atomic E-state index is 0.0176. The first kappa shape index (κ1) is 25.6. The summed E-state index contributed by atoms with van der Waals surface area (Å²) in [6, 6.07) is -0.217. The van der Waals surface area contributed by atoms with Gasteiger partial charge in [0.1, 0.15) is 5.01 Å². The first-order valence-corrected chi connectivity index (χ1v) is 13.1. The van der Waals surface area contributed by atoms with E-state index in [1.165, 1.54) is 11.3 Å². The summed E-state index contributed by atoms with van der Waals surface area (Å²) in [7, 11) is 0. The van der Waals surface area contributed by atoms with Crippen LogP contribution in [0.3, 0.4) is 0 Å². The minimum Gasteiger partial charge on any atom is -0.330 e. The van der Waals surface area contributed by atoms with Crippen molar-refractivity contribution in [2.75, 3.05) is 13.1 Å². The summed E-state index contributed by atoms with van der Waals surface area (Å²) in [4.78, 5) is 47.6. The highest BCUT2D eigenvalue weighted by molar-refractivity contribution is 7.09. The van der Waals surface area contributed by atoms with Gasteiger partial charge >= 0.3 is 0 Å². The zero-order valence-corrected chi connectivity index (χ0v) is 21.9. The molecule has 0 aromatic carbocycles. The van der Waals surface area contributed by atoms with E-state index in [1.807, 2.05) is 31.1 Å². The van der Waals surface area contributed by atoms with Gasteiger partial charge in [-0.3, -0.25) is 14.4 Å². The van der Waals surface area contributed by atoms with Gasteiger partial charge in [-0.1, -0.05) is 48.1 Å². The van der Waals surface area contributed by atoms with Crippen LogP contribution in [0.25, 0.3) is 0 Å². The summed E-state index contributed by atoms with van der Waals surface area (Å²) in [6.45, 7) is 17.2. The van der Waals surface area contributed by atoms with Gasteiger partial charge in [0.25, 0.3) is 5.91 Å². The normalized spacial score (nSPS) is 21.5. The number of aromatic nitrogens is 1. The van der Waals surface area contributed by atoms with Crippen LogP contribution in [0.4, 0.5) is 0 Å². The van der Waals surface area contributed by atoms with E-state index in [2.05, 4.69) is 27.4 Å². The molecule has 0 N–H and O–H groups in total. The van der Waals surface area contributed by atoms with E-state index < -0.39 is 11.3 Å². The Balaban J connectivity index is 1.78. The van der Waals surface area contributed by atoms with Crippen molar-refractivity contribution in [1.29, 1.82) is 0 Å². The molecule has 1 aromatic rings. The van der Waals surface area contributed by atoms with Gasteiger partial charge in [-0.2, -0.15) is 0 Å². The fraction of sp³-hybridized carbons (Fsp3) is 0.692. The van der Waals surface area contributed by atoms with Crippen LogP contribution in [-0.2, 0) is 14.4 Å². The molecule has 0 aliphatic carbocycles. The predicted molar refractivity (Wildman–Crippen MR) is 132 cm³/mol. The Morgan fingerprint density at radius 3 is 2.09 bits per heavy atom. The lowest BCUT2D eigenvalue weighted by molar-refractivity contribution is -0.149. The second-order valence-electron chi connectivity index (χ2n) is 10.7. The molecule has 0 saturated carbocycles. The fourth-order valence-corrected chi connectivity index (χ4v) is 5.46. The van der Waals surface area contributed by atoms with E-state index in [-0.39, 0.29) is 29.2 Å². The number of likely N-dealkylation sites (tertiary alicyclic amines) is 2. The number of carbonyl (C=O) groups excluding carboxylic acids is 3. The lowest BCUT2D eigenvalue weighted by Crippen LogP contribution is -2.42. The molecule has 0 bridgehead atoms. The smallest absolute Gasteiger partial charge is 0.291 e. The van der Waals surface area contributed by atoms with Gasteiger partial charge in [0.15, 0.2) is 0 Å². The SMILES string of the molecule is C=C(C(=O)N1CCCC1c1csc(C2CCCN2C(=O)C(=O)C(C)(C)CC)n1)C(C)(C)CC. The van der Waals surface area contributed by atoms with Gasteiger partial charge in [0.05, 0.1) is 17.8 Å². The van der Waals surface area contributed by atoms with Crippen molar-refractivity contribution in [2.45, 2.75) is 92.2 Å². The van der Waals surface area contributed by atoms with Crippen LogP contribution in [0.5, 0.6) is 0 Å². The number of hydrogen-bond donors (Lipinski definition) is 0. The quantitative estimate of drug-likeness (QED) is 0.371. The van der Waals surface area contributed by atoms with Crippen LogP contribution in [0.2, 0.25) is 0 Å². The number of Topliss-reactive ketones (excluding diaryl/α,β-unsaturated/α-hetero) is 1. The molecule has 0 spiro atoms. The molecule has 1 aromatic heterocycles. The fourth-order valence-electron chi connectivity index (χ4n) is 4.45. The zero-order chi connectivity index (χ0) is 24.6. The second kappa shape index (κ2) is 9.69. The molecule has 2 fully saturated rings. The molecule has 2 atom stereocenters. The molecule has 2 saturated heterocycles. The number of ketones is 1. The molecular formula is C26H39N3O3S. The summed E-state index contributed by atoms with van der Waals surface area (Å²) in [6.07, 6.45) is 4.99. The average molecular weight is 474 g/mol. The monoisotopic (exact) mass is 473 g/mol. The van der Waals surface area contributed by atoms with Crippen molar-refractivity contribution in [2.24, 2.45) is 10.8 Å². The third-order valence-electron chi connectivity index (χ3n) is 7.85. The molecule has 6 nitrogen and oxygen atoms in total. The molecule has 2 amide bonds. The van der Waals surface area contributed by atoms with Crippen molar-refractivity contribution in [1.82, 2.24) is 14.8 Å². The highest BCUT2D eigenvalue weighted by Gasteiger charge is 2.41. The molecule has 3 heterocycles. The molecule has 33 heavy (non-hydrogen) atoms. The van der Waals surface area contributed by atoms with Gasteiger partial charge < -0.3 is 9.80 Å². The van der Waals surface area contributed by atoms with E-state index in [1.54, 1.807) is 4.90 Å². The lowest BCUT2D eigenvalue weighted by Gasteiger charge is -2.31. The van der Waals surface area contributed by atoms with Gasteiger partial charge in [-0.25, -0.2) is 4.98 Å². The maximum absolute atomic E-state index is 13.2. The van der Waals surface area contributed by atoms with E-state index in [0.29, 0.717) is 25.1 Å². The highest BCUT2D eigenvalue weighted by Crippen LogP contribution is 2.40. The number of hydrogen-bond acceptors (Lipinski definition) is 5. The Hall–Kier alpha value is -2.02. The van der Waals surface area contributed by atoms with Gasteiger partial charge in [-0.05, 0) is 43.9 Å². The predicted octanol–water partition coefficient (Wildman–Crippen LogP) is 5.47. The van der Waals surface area contributed by atoms with Crippen molar-refractivity contribution >= 4 is 28.9 Å². The summed E-state index contributed by atoms with van der Waals surface area (Å²) in [5.74, 6) is -0.695. The van der Waals surface area contributed by atoms with E-state index in [0.717, 1.165) is 42.8 Å². The van der Waals surface area contributed by atoms with Crippen molar-refractivity contribution in [3.8, 4) is 0 Å². The van der Waals surface area contributed by atoms with Crippen molar-refractivity contribution < 1.29 is 14.4 Å². The standard InChI is InChI=1S/C26H39N3O3S/c1-8-25(4,5)17(3)23(31)28-14-10-12-19(28)18-16-33-22(27-18)20-13-11-15-29(20)24(32)21(30)26(6,7)9-2/h16,19-20H,3,8-15H2,1-2,4-7H3. The molecule has 3 rings (SSSR count). The van der Waals surface area contributed by atoms with E-state index in [4.69, 9.17) is 4.98 Å². The molecule has 2 aliphatic heterocycles. The average Bonchev–Trinajstić information content (AvgIpc) is 3.55. The summed E-state index contributed by atoms with van der Waals surface area (Å²) in [5.41, 5.74) is 0.651. The largest absolute Gasteiger partial charge is 0.330 e. The van der Waals surface area contributed by atoms with Gasteiger partial charge in [0, 0.05) is 29.5 Å². The van der Waals surface area contributed by atoms with Crippen LogP contribution >= 0.6 is 11.3 Å². The number of amides is 2. The van der Waals surface area contributed by atoms with Crippen LogP contribution in [-0.4, -0.2) is 45.5 Å². The molecule has 7 heteroatoms. The Morgan fingerprint density at radius 1 is 0.970 bits per heavy atom. The number of carbonyl (C=O) groups is 3. The molecule has 182 valence electrons. The third-order valence-corrected chi connectivity index (χ3v) is 8.81. The Labute approximate surface area is 202 Å². The minimum atomic E-state index is -0.655. The summed E-state index contributed by atoms with van der Waals surface area (Å²) in [5, 5.41) is 2.89. The van der Waals surface area contributed by atoms with Gasteiger partial charge in [0.2, 0.25) is 11.7 Å². The topological polar surface area (TPSA) is 70.6 Å². The number of nitrogens with zero attached hydrogens (tertiary/aromatic N) is 3. The second-order valence-corrected chi connectivity index (χ2v) is 11.6. The number of thiazole rings is 1. The first-order chi connectivity index (χ1) is 15.4. The van der Waals surface area contributed by atoms with Crippen LogP contribution < -0.4 is 0 Å². The summed E-state index contributed by atoms with van der Waals surface area (Å²) < 4.78 is 0. The van der Waals surface area contributed by atoms with Crippen molar-refractivity contribution in [3.05, 3.63) is 28.2 Å². The molecular weight excluding hydrogens is 434 g/mol. The highest BCUT2D eigenvalue weighted by atomic mass is 32.1. The summed E-state index contributed by atoms with van der Waals surface area (Å²) >= 11 is 1.54. The van der Waals surface area contributed by atoms with Crippen LogP contribution in [0.1, 0.15) is 103 Å². The van der Waals surface area contributed by atoms with E-state index in [9.17, 15) is 14.4 Å². The van der Waals surface area contributed by atoms with Crippen LogP contribution in [0.15, 0.2) is 17.5 Å². The molecule has 2 unspecified atom stereocenters. The lowest BCUT2D eigenvalue weighted by atomic mass is 9.82. The third kappa shape index (κ3) is 4.93.